The molecule has 0 bridgehead atoms. The van der Waals surface area contributed by atoms with Gasteiger partial charge in [-0.25, -0.2) is 0 Å². The van der Waals surface area contributed by atoms with E-state index in [-0.39, 0.29) is 5.69 Å². The van der Waals surface area contributed by atoms with Crippen molar-refractivity contribution in [3.63, 3.8) is 0 Å². The van der Waals surface area contributed by atoms with Crippen LogP contribution in [-0.4, -0.2) is 15.5 Å². The van der Waals surface area contributed by atoms with Gasteiger partial charge >= 0.3 is 19.2 Å². The lowest BCUT2D eigenvalue weighted by atomic mass is 10.1. The van der Waals surface area contributed by atoms with Gasteiger partial charge in [0.2, 0.25) is 0 Å². The van der Waals surface area contributed by atoms with E-state index in [1.807, 2.05) is 0 Å². The van der Waals surface area contributed by atoms with Gasteiger partial charge in [0.15, 0.2) is 0 Å². The van der Waals surface area contributed by atoms with Crippen LogP contribution in [-0.2, 0) is 10.5 Å². The van der Waals surface area contributed by atoms with Crippen LogP contribution in [0.25, 0.3) is 0 Å². The number of benzene rings is 1. The maximum Gasteiger partial charge on any atom is 0.411 e. The number of hydrogen-bond acceptors (Lipinski definition) is 2. The van der Waals surface area contributed by atoms with E-state index in [1.54, 1.807) is 0 Å². The number of halogens is 4. The number of hydrogen-bond donors (Lipinski definition) is 3. The Hall–Kier alpha value is -1.11. The predicted octanol–water partition coefficient (Wildman–Crippen LogP) is 2.13. The molecule has 0 aliphatic carbocycles. The van der Waals surface area contributed by atoms with Crippen molar-refractivity contribution < 1.29 is 31.9 Å². The quantitative estimate of drug-likeness (QED) is 0.447. The lowest BCUT2D eigenvalue weighted by Crippen LogP contribution is -2.37. The molecule has 17 heavy (non-hydrogen) atoms. The molecule has 96 valence electrons. The first-order valence-corrected chi connectivity index (χ1v) is 5.78. The number of nitrogens with two attached hydrogens (primary N) is 1. The summed E-state index contributed by atoms with van der Waals surface area (Å²) in [5.74, 6) is -5.01. The van der Waals surface area contributed by atoms with E-state index in [2.05, 4.69) is 0 Å². The topological polar surface area (TPSA) is 83.6 Å². The standard InChI is InChI=1S/C8H8F4NO3P/c9-7(10,8(11,12)17(14,15)16)5-2-1-3-6(13)4-5/h1-4H,13H2,(H2,14,15,16). The normalized spacial score (nSPS) is 13.8. The van der Waals surface area contributed by atoms with Crippen LogP contribution >= 0.6 is 7.60 Å². The highest BCUT2D eigenvalue weighted by atomic mass is 31.2. The molecular formula is C8H8F4NO3P. The van der Waals surface area contributed by atoms with Gasteiger partial charge in [-0.3, -0.25) is 4.57 Å². The summed E-state index contributed by atoms with van der Waals surface area (Å²) >= 11 is 0. The van der Waals surface area contributed by atoms with E-state index < -0.39 is 24.7 Å². The van der Waals surface area contributed by atoms with Crippen molar-refractivity contribution >= 4 is 13.3 Å². The molecule has 0 aliphatic heterocycles. The third-order valence-corrected chi connectivity index (χ3v) is 3.01. The average Bonchev–Trinajstić information content (AvgIpc) is 2.15. The monoisotopic (exact) mass is 273 g/mol. The fraction of sp³-hybridized carbons (Fsp3) is 0.250. The first kappa shape index (κ1) is 14.0. The molecular weight excluding hydrogens is 265 g/mol. The third-order valence-electron chi connectivity index (χ3n) is 1.99. The highest BCUT2D eigenvalue weighted by Crippen LogP contribution is 2.63. The summed E-state index contributed by atoms with van der Waals surface area (Å²) in [5, 5.41) is 0. The van der Waals surface area contributed by atoms with Crippen molar-refractivity contribution in [1.29, 1.82) is 0 Å². The summed E-state index contributed by atoms with van der Waals surface area (Å²) in [6.07, 6.45) is 0. The van der Waals surface area contributed by atoms with E-state index in [1.165, 1.54) is 6.07 Å². The molecule has 0 aliphatic rings. The van der Waals surface area contributed by atoms with Crippen LogP contribution in [0.4, 0.5) is 23.2 Å². The molecule has 0 radical (unpaired) electrons. The molecule has 0 atom stereocenters. The highest BCUT2D eigenvalue weighted by Gasteiger charge is 2.68. The first-order valence-electron chi connectivity index (χ1n) is 4.17. The minimum Gasteiger partial charge on any atom is -0.399 e. The molecule has 0 amide bonds. The third kappa shape index (κ3) is 2.29. The van der Waals surface area contributed by atoms with Crippen LogP contribution in [0.2, 0.25) is 0 Å². The molecule has 0 spiro atoms. The molecule has 9 heteroatoms. The van der Waals surface area contributed by atoms with E-state index in [0.717, 1.165) is 6.07 Å². The lowest BCUT2D eigenvalue weighted by Gasteiger charge is -2.27. The summed E-state index contributed by atoms with van der Waals surface area (Å²) in [5.41, 5.74) is -1.83. The molecule has 0 aromatic heterocycles. The molecule has 4 nitrogen and oxygen atoms in total. The summed E-state index contributed by atoms with van der Waals surface area (Å²) < 4.78 is 63.0. The van der Waals surface area contributed by atoms with Crippen LogP contribution in [0.5, 0.6) is 0 Å². The van der Waals surface area contributed by atoms with E-state index in [9.17, 15) is 22.1 Å². The molecule has 0 saturated carbocycles. The number of alkyl halides is 4. The number of anilines is 1. The summed E-state index contributed by atoms with van der Waals surface area (Å²) in [6, 6.07) is 3.30. The Bertz CT molecular complexity index is 474. The fourth-order valence-electron chi connectivity index (χ4n) is 1.09. The number of rotatable bonds is 3. The van der Waals surface area contributed by atoms with Crippen LogP contribution in [0, 0.1) is 0 Å². The Kier molecular flexibility index (Phi) is 3.26. The molecule has 0 unspecified atom stereocenters. The zero-order valence-electron chi connectivity index (χ0n) is 8.15. The maximum absolute atomic E-state index is 13.3. The van der Waals surface area contributed by atoms with Gasteiger partial charge < -0.3 is 15.5 Å². The van der Waals surface area contributed by atoms with Gasteiger partial charge in [0.25, 0.3) is 0 Å². The van der Waals surface area contributed by atoms with Crippen LogP contribution in [0.1, 0.15) is 5.56 Å². The zero-order valence-corrected chi connectivity index (χ0v) is 9.04. The van der Waals surface area contributed by atoms with E-state index in [0.29, 0.717) is 12.1 Å². The Morgan fingerprint density at radius 3 is 2.12 bits per heavy atom. The second-order valence-corrected chi connectivity index (χ2v) is 4.93. The minimum absolute atomic E-state index is 0.219. The molecule has 0 heterocycles. The molecule has 0 saturated heterocycles. The number of nitrogen functional groups attached to an aromatic ring is 1. The molecule has 1 aromatic carbocycles. The van der Waals surface area contributed by atoms with Gasteiger partial charge in [0.05, 0.1) is 0 Å². The van der Waals surface area contributed by atoms with Crippen molar-refractivity contribution in [3.8, 4) is 0 Å². The molecule has 4 N–H and O–H groups in total. The van der Waals surface area contributed by atoms with Gasteiger partial charge in [-0.15, -0.1) is 0 Å². The van der Waals surface area contributed by atoms with Crippen molar-refractivity contribution in [2.75, 3.05) is 5.73 Å². The largest absolute Gasteiger partial charge is 0.411 e. The second-order valence-electron chi connectivity index (χ2n) is 3.29. The van der Waals surface area contributed by atoms with Crippen LogP contribution < -0.4 is 5.73 Å². The molecule has 1 aromatic rings. The van der Waals surface area contributed by atoms with Gasteiger partial charge in [0.1, 0.15) is 0 Å². The molecule has 0 fully saturated rings. The van der Waals surface area contributed by atoms with Crippen LogP contribution in [0.15, 0.2) is 24.3 Å². The van der Waals surface area contributed by atoms with Crippen molar-refractivity contribution in [1.82, 2.24) is 0 Å². The summed E-state index contributed by atoms with van der Waals surface area (Å²) in [6.45, 7) is 0. The van der Waals surface area contributed by atoms with E-state index >= 15 is 0 Å². The highest BCUT2D eigenvalue weighted by molar-refractivity contribution is 7.53. The summed E-state index contributed by atoms with van der Waals surface area (Å²) in [7, 11) is -6.29. The van der Waals surface area contributed by atoms with Crippen LogP contribution in [0.3, 0.4) is 0 Å². The zero-order chi connectivity index (χ0) is 13.5. The lowest BCUT2D eigenvalue weighted by molar-refractivity contribution is -0.174. The van der Waals surface area contributed by atoms with Crippen molar-refractivity contribution in [3.05, 3.63) is 29.8 Å². The maximum atomic E-state index is 13.3. The van der Waals surface area contributed by atoms with Gasteiger partial charge in [0, 0.05) is 11.3 Å². The Labute approximate surface area is 93.2 Å². The van der Waals surface area contributed by atoms with Gasteiger partial charge in [-0.05, 0) is 12.1 Å². The fourth-order valence-corrected chi connectivity index (χ4v) is 1.59. The minimum atomic E-state index is -6.29. The SMILES string of the molecule is Nc1cccc(C(F)(F)C(F)(F)P(=O)(O)O)c1. The van der Waals surface area contributed by atoms with Crippen molar-refractivity contribution in [2.24, 2.45) is 0 Å². The second kappa shape index (κ2) is 3.97. The predicted molar refractivity (Wildman–Crippen MR) is 51.7 cm³/mol. The Morgan fingerprint density at radius 1 is 1.18 bits per heavy atom. The summed E-state index contributed by atoms with van der Waals surface area (Å²) in [4.78, 5) is 16.5. The van der Waals surface area contributed by atoms with Gasteiger partial charge in [-0.1, -0.05) is 12.1 Å². The van der Waals surface area contributed by atoms with Gasteiger partial charge in [-0.2, -0.15) is 17.6 Å². The van der Waals surface area contributed by atoms with E-state index in [4.69, 9.17) is 15.5 Å². The molecule has 1 rings (SSSR count). The smallest absolute Gasteiger partial charge is 0.399 e. The first-order chi connectivity index (χ1) is 7.50. The average molecular weight is 273 g/mol. The Balaban J connectivity index is 3.33. The van der Waals surface area contributed by atoms with Crippen molar-refractivity contribution in [2.45, 2.75) is 11.6 Å². The Morgan fingerprint density at radius 2 is 1.71 bits per heavy atom.